The van der Waals surface area contributed by atoms with E-state index in [9.17, 15) is 0 Å². The molecule has 1 aliphatic heterocycles. The van der Waals surface area contributed by atoms with Gasteiger partial charge in [-0.15, -0.1) is 0 Å². The van der Waals surface area contributed by atoms with E-state index in [1.54, 1.807) is 12.1 Å². The average Bonchev–Trinajstić information content (AvgIpc) is 2.17. The predicted molar refractivity (Wildman–Crippen MR) is 52.8 cm³/mol. The van der Waals surface area contributed by atoms with Crippen LogP contribution in [-0.2, 0) is 11.3 Å². The number of nitrogens with two attached hydrogens (primary N) is 1. The molecule has 0 radical (unpaired) electrons. The molecule has 0 fully saturated rings. The standard InChI is InChI=1S/C9H9ClN2O2/c10-7-2-5(9(11)12)1-6-3-13-4-14-8(6)7/h1-2H,3-4H2,(H3,11,12). The molecule has 1 aromatic rings. The number of hydrogen-bond donors (Lipinski definition) is 2. The van der Waals surface area contributed by atoms with Gasteiger partial charge in [-0.1, -0.05) is 11.6 Å². The maximum Gasteiger partial charge on any atom is 0.189 e. The van der Waals surface area contributed by atoms with Gasteiger partial charge in [0.25, 0.3) is 0 Å². The van der Waals surface area contributed by atoms with Crippen molar-refractivity contribution in [1.82, 2.24) is 0 Å². The molecule has 0 spiro atoms. The molecule has 74 valence electrons. The molecule has 0 unspecified atom stereocenters. The highest BCUT2D eigenvalue weighted by atomic mass is 35.5. The summed E-state index contributed by atoms with van der Waals surface area (Å²) < 4.78 is 10.3. The van der Waals surface area contributed by atoms with Crippen LogP contribution >= 0.6 is 11.6 Å². The van der Waals surface area contributed by atoms with Crippen molar-refractivity contribution in [3.63, 3.8) is 0 Å². The topological polar surface area (TPSA) is 68.3 Å². The zero-order valence-corrected chi connectivity index (χ0v) is 8.10. The van der Waals surface area contributed by atoms with Crippen LogP contribution in [0.4, 0.5) is 0 Å². The molecule has 3 N–H and O–H groups in total. The van der Waals surface area contributed by atoms with Crippen LogP contribution in [0.1, 0.15) is 11.1 Å². The summed E-state index contributed by atoms with van der Waals surface area (Å²) in [5.41, 5.74) is 6.77. The Morgan fingerprint density at radius 2 is 2.29 bits per heavy atom. The number of ether oxygens (including phenoxy) is 2. The average molecular weight is 213 g/mol. The molecule has 1 aromatic carbocycles. The first-order valence-electron chi connectivity index (χ1n) is 4.06. The highest BCUT2D eigenvalue weighted by Gasteiger charge is 2.16. The van der Waals surface area contributed by atoms with Crippen LogP contribution in [-0.4, -0.2) is 12.6 Å². The van der Waals surface area contributed by atoms with Gasteiger partial charge >= 0.3 is 0 Å². The second-order valence-electron chi connectivity index (χ2n) is 2.97. The normalized spacial score (nSPS) is 14.4. The van der Waals surface area contributed by atoms with Gasteiger partial charge in [-0.25, -0.2) is 0 Å². The fourth-order valence-electron chi connectivity index (χ4n) is 1.33. The summed E-state index contributed by atoms with van der Waals surface area (Å²) in [6, 6.07) is 3.37. The lowest BCUT2D eigenvalue weighted by Crippen LogP contribution is -2.15. The molecule has 1 aliphatic rings. The molecule has 0 aliphatic carbocycles. The fraction of sp³-hybridized carbons (Fsp3) is 0.222. The van der Waals surface area contributed by atoms with Crippen molar-refractivity contribution in [2.45, 2.75) is 6.61 Å². The Morgan fingerprint density at radius 3 is 3.00 bits per heavy atom. The number of nitrogen functional groups attached to an aromatic ring is 1. The van der Waals surface area contributed by atoms with Gasteiger partial charge in [0.2, 0.25) is 0 Å². The van der Waals surface area contributed by atoms with Crippen molar-refractivity contribution < 1.29 is 9.47 Å². The third-order valence-electron chi connectivity index (χ3n) is 1.98. The third-order valence-corrected chi connectivity index (χ3v) is 2.26. The van der Waals surface area contributed by atoms with Crippen LogP contribution < -0.4 is 10.5 Å². The monoisotopic (exact) mass is 212 g/mol. The minimum absolute atomic E-state index is 0.0136. The first-order chi connectivity index (χ1) is 6.68. The van der Waals surface area contributed by atoms with E-state index in [0.717, 1.165) is 5.56 Å². The van der Waals surface area contributed by atoms with E-state index in [0.29, 0.717) is 22.9 Å². The minimum atomic E-state index is -0.0136. The van der Waals surface area contributed by atoms with E-state index >= 15 is 0 Å². The second kappa shape index (κ2) is 3.48. The Kier molecular flexibility index (Phi) is 2.31. The summed E-state index contributed by atoms with van der Waals surface area (Å²) >= 11 is 5.96. The number of rotatable bonds is 1. The summed E-state index contributed by atoms with van der Waals surface area (Å²) in [6.07, 6.45) is 0. The van der Waals surface area contributed by atoms with E-state index < -0.39 is 0 Å². The predicted octanol–water partition coefficient (Wildman–Crippen LogP) is 1.49. The Bertz CT molecular complexity index is 393. The largest absolute Gasteiger partial charge is 0.466 e. The molecule has 2 rings (SSSR count). The van der Waals surface area contributed by atoms with Crippen molar-refractivity contribution in [1.29, 1.82) is 5.41 Å². The SMILES string of the molecule is N=C(N)c1cc(Cl)c2c(c1)COCO2. The van der Waals surface area contributed by atoms with Gasteiger partial charge in [0.1, 0.15) is 11.6 Å². The summed E-state index contributed by atoms with van der Waals surface area (Å²) in [6.45, 7) is 0.655. The maximum atomic E-state index is 7.29. The molecule has 0 amide bonds. The van der Waals surface area contributed by atoms with Gasteiger partial charge in [-0.2, -0.15) is 0 Å². The number of hydrogen-bond acceptors (Lipinski definition) is 3. The number of halogens is 1. The molecule has 0 atom stereocenters. The number of nitrogens with one attached hydrogen (secondary N) is 1. The summed E-state index contributed by atoms with van der Waals surface area (Å²) in [5.74, 6) is 0.614. The van der Waals surface area contributed by atoms with Crippen molar-refractivity contribution >= 4 is 17.4 Å². The quantitative estimate of drug-likeness (QED) is 0.548. The number of benzene rings is 1. The lowest BCUT2D eigenvalue weighted by atomic mass is 10.1. The Hall–Kier alpha value is -1.26. The highest BCUT2D eigenvalue weighted by Crippen LogP contribution is 2.33. The van der Waals surface area contributed by atoms with Crippen LogP contribution in [0.2, 0.25) is 5.02 Å². The van der Waals surface area contributed by atoms with Gasteiger partial charge in [-0.3, -0.25) is 5.41 Å². The van der Waals surface area contributed by atoms with Crippen molar-refractivity contribution in [2.24, 2.45) is 5.73 Å². The maximum absolute atomic E-state index is 7.29. The van der Waals surface area contributed by atoms with Gasteiger partial charge in [-0.05, 0) is 12.1 Å². The van der Waals surface area contributed by atoms with Crippen molar-refractivity contribution in [3.8, 4) is 5.75 Å². The Morgan fingerprint density at radius 1 is 1.50 bits per heavy atom. The van der Waals surface area contributed by atoms with E-state index in [1.165, 1.54) is 0 Å². The smallest absolute Gasteiger partial charge is 0.189 e. The molecular formula is C9H9ClN2O2. The molecule has 5 heteroatoms. The lowest BCUT2D eigenvalue weighted by molar-refractivity contribution is -0.0163. The van der Waals surface area contributed by atoms with Crippen molar-refractivity contribution in [3.05, 3.63) is 28.3 Å². The van der Waals surface area contributed by atoms with E-state index in [-0.39, 0.29) is 12.6 Å². The molecule has 1 heterocycles. The van der Waals surface area contributed by atoms with E-state index in [4.69, 9.17) is 32.2 Å². The van der Waals surface area contributed by atoms with Crippen LogP contribution in [0, 0.1) is 5.41 Å². The molecule has 0 saturated heterocycles. The second-order valence-corrected chi connectivity index (χ2v) is 3.38. The molecule has 4 nitrogen and oxygen atoms in total. The molecule has 0 bridgehead atoms. The van der Waals surface area contributed by atoms with Gasteiger partial charge in [0.15, 0.2) is 6.79 Å². The Balaban J connectivity index is 2.51. The lowest BCUT2D eigenvalue weighted by Gasteiger charge is -2.19. The van der Waals surface area contributed by atoms with Crippen LogP contribution in [0.3, 0.4) is 0 Å². The van der Waals surface area contributed by atoms with Gasteiger partial charge in [0.05, 0.1) is 11.6 Å². The first kappa shape index (κ1) is 9.30. The minimum Gasteiger partial charge on any atom is -0.466 e. The van der Waals surface area contributed by atoms with Crippen molar-refractivity contribution in [2.75, 3.05) is 6.79 Å². The summed E-state index contributed by atoms with van der Waals surface area (Å²) in [5, 5.41) is 7.76. The van der Waals surface area contributed by atoms with Gasteiger partial charge < -0.3 is 15.2 Å². The first-order valence-corrected chi connectivity index (χ1v) is 4.43. The summed E-state index contributed by atoms with van der Waals surface area (Å²) in [4.78, 5) is 0. The van der Waals surface area contributed by atoms with Gasteiger partial charge in [0, 0.05) is 11.1 Å². The zero-order chi connectivity index (χ0) is 10.1. The molecule has 0 saturated carbocycles. The number of fused-ring (bicyclic) bond motifs is 1. The van der Waals surface area contributed by atoms with Crippen LogP contribution in [0.25, 0.3) is 0 Å². The Labute approximate surface area is 86.1 Å². The molecular weight excluding hydrogens is 204 g/mol. The van der Waals surface area contributed by atoms with Crippen LogP contribution in [0.5, 0.6) is 5.75 Å². The van der Waals surface area contributed by atoms with Crippen LogP contribution in [0.15, 0.2) is 12.1 Å². The third kappa shape index (κ3) is 1.54. The zero-order valence-electron chi connectivity index (χ0n) is 7.34. The van der Waals surface area contributed by atoms with E-state index in [1.807, 2.05) is 0 Å². The fourth-order valence-corrected chi connectivity index (χ4v) is 1.62. The molecule has 0 aromatic heterocycles. The number of amidine groups is 1. The van der Waals surface area contributed by atoms with E-state index in [2.05, 4.69) is 0 Å². The summed E-state index contributed by atoms with van der Waals surface area (Å²) in [7, 11) is 0. The highest BCUT2D eigenvalue weighted by molar-refractivity contribution is 6.32. The molecule has 14 heavy (non-hydrogen) atoms.